The third-order valence-corrected chi connectivity index (χ3v) is 5.44. The highest BCUT2D eigenvalue weighted by Crippen LogP contribution is 2.41. The van der Waals surface area contributed by atoms with Crippen molar-refractivity contribution in [1.82, 2.24) is 0 Å². The summed E-state index contributed by atoms with van der Waals surface area (Å²) in [6.45, 7) is 8.11. The molecule has 0 unspecified atom stereocenters. The van der Waals surface area contributed by atoms with E-state index in [2.05, 4.69) is 0 Å². The van der Waals surface area contributed by atoms with Crippen LogP contribution in [0, 0.1) is 17.3 Å². The lowest BCUT2D eigenvalue weighted by molar-refractivity contribution is -0.156. The van der Waals surface area contributed by atoms with Gasteiger partial charge in [-0.1, -0.05) is 79.1 Å². The SMILES string of the molecule is CC(C)C(CCCCCCCCCCCC(=O)O)(C(=O)O)C(C)C. The lowest BCUT2D eigenvalue weighted by Gasteiger charge is -2.37. The molecular weight excluding hydrogens is 304 g/mol. The van der Waals surface area contributed by atoms with Gasteiger partial charge >= 0.3 is 11.9 Å². The van der Waals surface area contributed by atoms with Gasteiger partial charge in [-0.3, -0.25) is 9.59 Å². The Morgan fingerprint density at radius 3 is 1.42 bits per heavy atom. The summed E-state index contributed by atoms with van der Waals surface area (Å²) in [4.78, 5) is 22.2. The van der Waals surface area contributed by atoms with Gasteiger partial charge in [0.05, 0.1) is 5.41 Å². The highest BCUT2D eigenvalue weighted by Gasteiger charge is 2.43. The number of hydrogen-bond acceptors (Lipinski definition) is 2. The van der Waals surface area contributed by atoms with Crippen LogP contribution in [-0.2, 0) is 9.59 Å². The van der Waals surface area contributed by atoms with Crippen LogP contribution in [0.4, 0.5) is 0 Å². The van der Waals surface area contributed by atoms with Crippen LogP contribution in [-0.4, -0.2) is 22.2 Å². The minimum atomic E-state index is -0.699. The van der Waals surface area contributed by atoms with Crippen LogP contribution >= 0.6 is 0 Å². The van der Waals surface area contributed by atoms with E-state index in [9.17, 15) is 14.7 Å². The van der Waals surface area contributed by atoms with Gasteiger partial charge in [0.2, 0.25) is 0 Å². The van der Waals surface area contributed by atoms with E-state index >= 15 is 0 Å². The molecule has 0 saturated carbocycles. The second kappa shape index (κ2) is 12.3. The van der Waals surface area contributed by atoms with Crippen LogP contribution in [0.5, 0.6) is 0 Å². The minimum Gasteiger partial charge on any atom is -0.481 e. The molecule has 24 heavy (non-hydrogen) atoms. The van der Waals surface area contributed by atoms with Gasteiger partial charge in [0, 0.05) is 6.42 Å². The van der Waals surface area contributed by atoms with Gasteiger partial charge in [-0.15, -0.1) is 0 Å². The maximum absolute atomic E-state index is 11.8. The van der Waals surface area contributed by atoms with Crippen molar-refractivity contribution in [3.05, 3.63) is 0 Å². The Kier molecular flexibility index (Phi) is 11.8. The summed E-state index contributed by atoms with van der Waals surface area (Å²) in [6, 6.07) is 0. The van der Waals surface area contributed by atoms with E-state index in [1.54, 1.807) is 0 Å². The monoisotopic (exact) mass is 342 g/mol. The summed E-state index contributed by atoms with van der Waals surface area (Å²) in [5, 5.41) is 18.3. The van der Waals surface area contributed by atoms with Crippen molar-refractivity contribution >= 4 is 11.9 Å². The number of rotatable bonds is 15. The van der Waals surface area contributed by atoms with Crippen LogP contribution in [0.3, 0.4) is 0 Å². The second-order valence-electron chi connectivity index (χ2n) is 7.73. The molecule has 142 valence electrons. The van der Waals surface area contributed by atoms with E-state index in [-0.39, 0.29) is 18.3 Å². The van der Waals surface area contributed by atoms with Gasteiger partial charge in [0.15, 0.2) is 0 Å². The molecule has 0 heterocycles. The molecule has 0 rings (SSSR count). The van der Waals surface area contributed by atoms with E-state index in [4.69, 9.17) is 5.11 Å². The fourth-order valence-corrected chi connectivity index (χ4v) is 3.78. The number of hydrogen-bond donors (Lipinski definition) is 2. The number of carbonyl (C=O) groups is 2. The molecule has 4 heteroatoms. The first-order valence-corrected chi connectivity index (χ1v) is 9.70. The lowest BCUT2D eigenvalue weighted by Crippen LogP contribution is -2.41. The standard InChI is InChI=1S/C20H38O4/c1-16(2)20(17(3)4,19(23)24)15-13-11-9-7-5-6-8-10-12-14-18(21)22/h16-17H,5-15H2,1-4H3,(H,21,22)(H,23,24). The summed E-state index contributed by atoms with van der Waals surface area (Å²) in [6.07, 6.45) is 10.8. The summed E-state index contributed by atoms with van der Waals surface area (Å²) < 4.78 is 0. The topological polar surface area (TPSA) is 74.6 Å². The molecule has 0 spiro atoms. The molecule has 0 aromatic rings. The van der Waals surface area contributed by atoms with Crippen LogP contribution < -0.4 is 0 Å². The summed E-state index contributed by atoms with van der Waals surface area (Å²) in [7, 11) is 0. The Balaban J connectivity index is 3.81. The van der Waals surface area contributed by atoms with Crippen molar-refractivity contribution in [1.29, 1.82) is 0 Å². The number of carboxylic acid groups (broad SMARTS) is 2. The van der Waals surface area contributed by atoms with Crippen LogP contribution in [0.15, 0.2) is 0 Å². The van der Waals surface area contributed by atoms with Gasteiger partial charge in [-0.05, 0) is 24.7 Å². The van der Waals surface area contributed by atoms with Gasteiger partial charge < -0.3 is 10.2 Å². The summed E-state index contributed by atoms with van der Waals surface area (Å²) >= 11 is 0. The molecule has 0 aliphatic rings. The summed E-state index contributed by atoms with van der Waals surface area (Å²) in [5.74, 6) is -1.04. The van der Waals surface area contributed by atoms with E-state index < -0.39 is 17.4 Å². The molecule has 0 fully saturated rings. The van der Waals surface area contributed by atoms with Crippen molar-refractivity contribution in [2.75, 3.05) is 0 Å². The third kappa shape index (κ3) is 8.16. The number of carboxylic acids is 2. The zero-order valence-electron chi connectivity index (χ0n) is 16.1. The smallest absolute Gasteiger partial charge is 0.310 e. The van der Waals surface area contributed by atoms with Gasteiger partial charge in [-0.2, -0.15) is 0 Å². The highest BCUT2D eigenvalue weighted by molar-refractivity contribution is 5.75. The fraction of sp³-hybridized carbons (Fsp3) is 0.900. The Hall–Kier alpha value is -1.06. The van der Waals surface area contributed by atoms with E-state index in [1.165, 1.54) is 25.7 Å². The molecular formula is C20H38O4. The zero-order valence-corrected chi connectivity index (χ0v) is 16.1. The van der Waals surface area contributed by atoms with Gasteiger partial charge in [-0.25, -0.2) is 0 Å². The van der Waals surface area contributed by atoms with E-state index in [1.807, 2.05) is 27.7 Å². The highest BCUT2D eigenvalue weighted by atomic mass is 16.4. The Labute approximate surface area is 148 Å². The number of aliphatic carboxylic acids is 2. The molecule has 0 bridgehead atoms. The van der Waals surface area contributed by atoms with Crippen molar-refractivity contribution in [2.24, 2.45) is 17.3 Å². The molecule has 0 aromatic carbocycles. The van der Waals surface area contributed by atoms with E-state index in [0.717, 1.165) is 38.5 Å². The molecule has 0 atom stereocenters. The quantitative estimate of drug-likeness (QED) is 0.372. The average molecular weight is 343 g/mol. The first-order valence-electron chi connectivity index (χ1n) is 9.70. The van der Waals surface area contributed by atoms with E-state index in [0.29, 0.717) is 0 Å². The normalized spacial score (nSPS) is 12.1. The van der Waals surface area contributed by atoms with Crippen LogP contribution in [0.25, 0.3) is 0 Å². The van der Waals surface area contributed by atoms with Crippen molar-refractivity contribution in [3.63, 3.8) is 0 Å². The second-order valence-corrected chi connectivity index (χ2v) is 7.73. The Morgan fingerprint density at radius 1 is 0.708 bits per heavy atom. The van der Waals surface area contributed by atoms with Crippen molar-refractivity contribution in [3.8, 4) is 0 Å². The average Bonchev–Trinajstić information content (AvgIpc) is 2.47. The predicted octanol–water partition coefficient (Wildman–Crippen LogP) is 5.75. The molecule has 2 N–H and O–H groups in total. The Morgan fingerprint density at radius 2 is 1.08 bits per heavy atom. The van der Waals surface area contributed by atoms with Crippen molar-refractivity contribution in [2.45, 2.75) is 98.3 Å². The Bertz CT molecular complexity index is 353. The molecule has 0 amide bonds. The maximum atomic E-state index is 11.8. The zero-order chi connectivity index (χ0) is 18.6. The molecule has 0 aliphatic carbocycles. The van der Waals surface area contributed by atoms with Crippen LogP contribution in [0.1, 0.15) is 98.3 Å². The van der Waals surface area contributed by atoms with Crippen LogP contribution in [0.2, 0.25) is 0 Å². The molecule has 4 nitrogen and oxygen atoms in total. The minimum absolute atomic E-state index is 0.154. The molecule has 0 radical (unpaired) electrons. The summed E-state index contributed by atoms with van der Waals surface area (Å²) in [5.41, 5.74) is -0.593. The van der Waals surface area contributed by atoms with Gasteiger partial charge in [0.25, 0.3) is 0 Å². The van der Waals surface area contributed by atoms with Gasteiger partial charge in [0.1, 0.15) is 0 Å². The maximum Gasteiger partial charge on any atom is 0.310 e. The first-order chi connectivity index (χ1) is 11.2. The molecule has 0 saturated heterocycles. The third-order valence-electron chi connectivity index (χ3n) is 5.44. The largest absolute Gasteiger partial charge is 0.481 e. The molecule has 0 aliphatic heterocycles. The fourth-order valence-electron chi connectivity index (χ4n) is 3.78. The first kappa shape index (κ1) is 22.9. The van der Waals surface area contributed by atoms with Crippen molar-refractivity contribution < 1.29 is 19.8 Å². The molecule has 0 aromatic heterocycles. The lowest BCUT2D eigenvalue weighted by atomic mass is 9.66. The number of unbranched alkanes of at least 4 members (excludes halogenated alkanes) is 8. The predicted molar refractivity (Wildman–Crippen MR) is 98.2 cm³/mol.